The fraction of sp³-hybridized carbons (Fsp3) is 0.136. The molecule has 0 aliphatic rings. The third-order valence-corrected chi connectivity index (χ3v) is 5.07. The first-order valence-electron chi connectivity index (χ1n) is 9.39. The van der Waals surface area contributed by atoms with Crippen molar-refractivity contribution < 1.29 is 9.47 Å². The van der Waals surface area contributed by atoms with Gasteiger partial charge in [-0.3, -0.25) is 5.43 Å². The summed E-state index contributed by atoms with van der Waals surface area (Å²) >= 11 is 1.50. The summed E-state index contributed by atoms with van der Waals surface area (Å²) < 4.78 is 13.4. The molecule has 152 valence electrons. The Hall–Kier alpha value is -3.65. The van der Waals surface area contributed by atoms with Crippen LogP contribution in [0.25, 0.3) is 11.3 Å². The van der Waals surface area contributed by atoms with Gasteiger partial charge >= 0.3 is 0 Å². The highest BCUT2D eigenvalue weighted by Gasteiger charge is 2.10. The van der Waals surface area contributed by atoms with E-state index in [1.165, 1.54) is 11.3 Å². The van der Waals surface area contributed by atoms with Crippen LogP contribution in [-0.4, -0.2) is 34.5 Å². The van der Waals surface area contributed by atoms with E-state index >= 15 is 0 Å². The largest absolute Gasteiger partial charge is 0.493 e. The van der Waals surface area contributed by atoms with Gasteiger partial charge in [-0.15, -0.1) is 11.3 Å². The Kier molecular flexibility index (Phi) is 6.36. The van der Waals surface area contributed by atoms with Gasteiger partial charge in [0.1, 0.15) is 6.61 Å². The summed E-state index contributed by atoms with van der Waals surface area (Å²) in [6, 6.07) is 15.7. The molecule has 0 aliphatic carbocycles. The SMILES string of the molecule is COc1cccc(C=NNc2nc(-c3ccccc3)cs2)c1OCCn1ccnc1. The number of aromatic nitrogens is 3. The van der Waals surface area contributed by atoms with Crippen LogP contribution < -0.4 is 14.9 Å². The molecule has 0 aliphatic heterocycles. The lowest BCUT2D eigenvalue weighted by molar-refractivity contribution is 0.279. The molecule has 1 N–H and O–H groups in total. The molecule has 0 spiro atoms. The molecule has 0 radical (unpaired) electrons. The number of thiazole rings is 1. The Morgan fingerprint density at radius 3 is 2.87 bits per heavy atom. The first-order valence-corrected chi connectivity index (χ1v) is 10.3. The quantitative estimate of drug-likeness (QED) is 0.318. The number of ether oxygens (including phenoxy) is 2. The molecule has 4 rings (SSSR count). The normalized spacial score (nSPS) is 11.0. The molecule has 0 unspecified atom stereocenters. The second-order valence-corrected chi connectivity index (χ2v) is 7.16. The molecule has 30 heavy (non-hydrogen) atoms. The summed E-state index contributed by atoms with van der Waals surface area (Å²) in [5.41, 5.74) is 5.80. The van der Waals surface area contributed by atoms with Gasteiger partial charge in [0, 0.05) is 28.9 Å². The molecule has 2 aromatic carbocycles. The maximum Gasteiger partial charge on any atom is 0.203 e. The summed E-state index contributed by atoms with van der Waals surface area (Å²) in [5.74, 6) is 1.31. The van der Waals surface area contributed by atoms with Crippen molar-refractivity contribution in [1.82, 2.24) is 14.5 Å². The van der Waals surface area contributed by atoms with Crippen LogP contribution in [0.5, 0.6) is 11.5 Å². The Morgan fingerprint density at radius 2 is 2.07 bits per heavy atom. The van der Waals surface area contributed by atoms with E-state index in [0.717, 1.165) is 22.0 Å². The molecule has 8 heteroatoms. The van der Waals surface area contributed by atoms with Crippen LogP contribution in [0.4, 0.5) is 5.13 Å². The maximum absolute atomic E-state index is 5.99. The van der Waals surface area contributed by atoms with Crippen LogP contribution in [-0.2, 0) is 6.54 Å². The minimum absolute atomic E-state index is 0.484. The van der Waals surface area contributed by atoms with Gasteiger partial charge in [0.15, 0.2) is 11.5 Å². The van der Waals surface area contributed by atoms with Gasteiger partial charge in [-0.2, -0.15) is 5.10 Å². The zero-order valence-electron chi connectivity index (χ0n) is 16.4. The molecule has 0 atom stereocenters. The summed E-state index contributed by atoms with van der Waals surface area (Å²) in [7, 11) is 1.62. The van der Waals surface area contributed by atoms with Crippen molar-refractivity contribution in [1.29, 1.82) is 0 Å². The number of imidazole rings is 1. The summed E-state index contributed by atoms with van der Waals surface area (Å²) in [5, 5.41) is 7.06. The van der Waals surface area contributed by atoms with Crippen molar-refractivity contribution >= 4 is 22.7 Å². The number of methoxy groups -OCH3 is 1. The van der Waals surface area contributed by atoms with Crippen LogP contribution in [0.15, 0.2) is 77.7 Å². The molecule has 0 saturated heterocycles. The zero-order chi connectivity index (χ0) is 20.6. The lowest BCUT2D eigenvalue weighted by Crippen LogP contribution is -2.08. The average Bonchev–Trinajstić information content (AvgIpc) is 3.47. The topological polar surface area (TPSA) is 73.6 Å². The molecular formula is C22H21N5O2S. The van der Waals surface area contributed by atoms with Crippen molar-refractivity contribution in [2.45, 2.75) is 6.54 Å². The van der Waals surface area contributed by atoms with Crippen molar-refractivity contribution in [3.8, 4) is 22.8 Å². The molecule has 0 fully saturated rings. The van der Waals surface area contributed by atoms with Crippen molar-refractivity contribution in [3.63, 3.8) is 0 Å². The van der Waals surface area contributed by atoms with E-state index in [9.17, 15) is 0 Å². The maximum atomic E-state index is 5.99. The van der Waals surface area contributed by atoms with Gasteiger partial charge in [-0.25, -0.2) is 9.97 Å². The van der Waals surface area contributed by atoms with Crippen LogP contribution >= 0.6 is 11.3 Å². The van der Waals surface area contributed by atoms with Gasteiger partial charge in [0.2, 0.25) is 5.13 Å². The highest BCUT2D eigenvalue weighted by Crippen LogP contribution is 2.30. The van der Waals surface area contributed by atoms with Crippen molar-refractivity contribution in [2.75, 3.05) is 19.1 Å². The summed E-state index contributed by atoms with van der Waals surface area (Å²) in [6.07, 6.45) is 7.11. The smallest absolute Gasteiger partial charge is 0.203 e. The van der Waals surface area contributed by atoms with Crippen molar-refractivity contribution in [2.24, 2.45) is 5.10 Å². The second kappa shape index (κ2) is 9.71. The highest BCUT2D eigenvalue weighted by atomic mass is 32.1. The van der Waals surface area contributed by atoms with Gasteiger partial charge < -0.3 is 14.0 Å². The number of hydrazone groups is 1. The van der Waals surface area contributed by atoms with E-state index in [1.54, 1.807) is 25.8 Å². The van der Waals surface area contributed by atoms with Gasteiger partial charge in [0.25, 0.3) is 0 Å². The van der Waals surface area contributed by atoms with Gasteiger partial charge in [-0.1, -0.05) is 36.4 Å². The number of rotatable bonds is 9. The van der Waals surface area contributed by atoms with E-state index in [4.69, 9.17) is 9.47 Å². The van der Waals surface area contributed by atoms with E-state index in [1.807, 2.05) is 64.7 Å². The number of hydrogen-bond acceptors (Lipinski definition) is 7. The Morgan fingerprint density at radius 1 is 1.17 bits per heavy atom. The molecule has 2 heterocycles. The number of anilines is 1. The first-order chi connectivity index (χ1) is 14.8. The molecule has 0 saturated carbocycles. The van der Waals surface area contributed by atoms with Crippen LogP contribution in [0, 0.1) is 0 Å². The minimum atomic E-state index is 0.484. The Balaban J connectivity index is 1.43. The third kappa shape index (κ3) is 4.84. The Labute approximate surface area is 178 Å². The standard InChI is InChI=1S/C22H21N5O2S/c1-28-20-9-5-8-18(21(20)29-13-12-27-11-10-23-16-27)14-24-26-22-25-19(15-30-22)17-6-3-2-4-7-17/h2-11,14-16H,12-13H2,1H3,(H,25,26). The molecule has 0 bridgehead atoms. The second-order valence-electron chi connectivity index (χ2n) is 6.30. The molecule has 4 aromatic rings. The van der Waals surface area contributed by atoms with Crippen molar-refractivity contribution in [3.05, 3.63) is 78.2 Å². The monoisotopic (exact) mass is 419 g/mol. The molecule has 2 aromatic heterocycles. The predicted molar refractivity (Wildman–Crippen MR) is 119 cm³/mol. The van der Waals surface area contributed by atoms with Gasteiger partial charge in [0.05, 0.1) is 31.9 Å². The molecule has 7 nitrogen and oxygen atoms in total. The fourth-order valence-corrected chi connectivity index (χ4v) is 3.51. The van der Waals surface area contributed by atoms with Crippen LogP contribution in [0.2, 0.25) is 0 Å². The number of hydrogen-bond donors (Lipinski definition) is 1. The molecule has 0 amide bonds. The summed E-state index contributed by atoms with van der Waals surface area (Å²) in [4.78, 5) is 8.61. The number of para-hydroxylation sites is 1. The average molecular weight is 420 g/mol. The lowest BCUT2D eigenvalue weighted by atomic mass is 10.2. The highest BCUT2D eigenvalue weighted by molar-refractivity contribution is 7.14. The Bertz CT molecular complexity index is 1090. The first kappa shape index (κ1) is 19.7. The van der Waals surface area contributed by atoms with E-state index in [2.05, 4.69) is 20.5 Å². The third-order valence-electron chi connectivity index (χ3n) is 4.32. The molecular weight excluding hydrogens is 398 g/mol. The predicted octanol–water partition coefficient (Wildman–Crippen LogP) is 4.54. The lowest BCUT2D eigenvalue weighted by Gasteiger charge is -2.13. The van der Waals surface area contributed by atoms with E-state index in [-0.39, 0.29) is 0 Å². The van der Waals surface area contributed by atoms with E-state index < -0.39 is 0 Å². The summed E-state index contributed by atoms with van der Waals surface area (Å²) in [6.45, 7) is 1.17. The number of benzene rings is 2. The minimum Gasteiger partial charge on any atom is -0.493 e. The number of nitrogens with zero attached hydrogens (tertiary/aromatic N) is 4. The van der Waals surface area contributed by atoms with Gasteiger partial charge in [-0.05, 0) is 12.1 Å². The zero-order valence-corrected chi connectivity index (χ0v) is 17.2. The van der Waals surface area contributed by atoms with E-state index in [0.29, 0.717) is 24.7 Å². The van der Waals surface area contributed by atoms with Crippen LogP contribution in [0.1, 0.15) is 5.56 Å². The fourth-order valence-electron chi connectivity index (χ4n) is 2.85. The number of nitrogens with one attached hydrogen (secondary N) is 1. The van der Waals surface area contributed by atoms with Crippen LogP contribution in [0.3, 0.4) is 0 Å².